The number of rotatable bonds is 7. The molecule has 1 aromatic heterocycles. The number of aliphatic imine (C=N–C) groups is 1. The highest BCUT2D eigenvalue weighted by Gasteiger charge is 2.09. The van der Waals surface area contributed by atoms with Crippen molar-refractivity contribution in [3.8, 4) is 23.1 Å². The van der Waals surface area contributed by atoms with Gasteiger partial charge in [0, 0.05) is 25.9 Å². The summed E-state index contributed by atoms with van der Waals surface area (Å²) < 4.78 is 13.0. The maximum absolute atomic E-state index is 6.02. The van der Waals surface area contributed by atoms with Crippen LogP contribution in [0.4, 0.5) is 5.69 Å². The van der Waals surface area contributed by atoms with Gasteiger partial charge in [-0.25, -0.2) is 9.67 Å². The second-order valence-corrected chi connectivity index (χ2v) is 6.62. The zero-order valence-electron chi connectivity index (χ0n) is 17.0. The lowest BCUT2D eigenvalue weighted by molar-refractivity contribution is 0.414. The summed E-state index contributed by atoms with van der Waals surface area (Å²) in [5.41, 5.74) is 3.94. The van der Waals surface area contributed by atoms with Crippen LogP contribution in [0.15, 0.2) is 53.7 Å². The van der Waals surface area contributed by atoms with E-state index in [1.54, 1.807) is 11.8 Å². The van der Waals surface area contributed by atoms with E-state index in [1.165, 1.54) is 0 Å². The molecule has 0 radical (unpaired) electrons. The summed E-state index contributed by atoms with van der Waals surface area (Å²) in [6.07, 6.45) is 3.72. The molecule has 0 bridgehead atoms. The normalized spacial score (nSPS) is 11.0. The molecule has 2 aromatic carbocycles. The maximum Gasteiger partial charge on any atom is 0.238 e. The fourth-order valence-electron chi connectivity index (χ4n) is 2.62. The Bertz CT molecular complexity index is 961. The number of benzene rings is 2. The third-order valence-corrected chi connectivity index (χ3v) is 4.50. The molecule has 0 spiro atoms. The zero-order valence-corrected chi connectivity index (χ0v) is 17.0. The molecule has 0 fully saturated rings. The quantitative estimate of drug-likeness (QED) is 0.433. The molecule has 0 saturated heterocycles. The van der Waals surface area contributed by atoms with Gasteiger partial charge in [-0.05, 0) is 68.3 Å². The van der Waals surface area contributed by atoms with E-state index in [-0.39, 0.29) is 0 Å². The van der Waals surface area contributed by atoms with Crippen molar-refractivity contribution >= 4 is 12.0 Å². The Morgan fingerprint density at radius 3 is 2.54 bits per heavy atom. The van der Waals surface area contributed by atoms with Crippen LogP contribution in [0, 0.1) is 13.8 Å². The second kappa shape index (κ2) is 8.61. The van der Waals surface area contributed by atoms with Gasteiger partial charge in [0.25, 0.3) is 0 Å². The molecular formula is C22H26N4O2. The summed E-state index contributed by atoms with van der Waals surface area (Å²) in [5, 5.41) is 4.51. The minimum atomic E-state index is 0.542. The van der Waals surface area contributed by atoms with Crippen molar-refractivity contribution in [2.45, 2.75) is 20.8 Å². The Balaban J connectivity index is 1.77. The smallest absolute Gasteiger partial charge is 0.238 e. The molecule has 0 atom stereocenters. The second-order valence-electron chi connectivity index (χ2n) is 6.62. The predicted molar refractivity (Wildman–Crippen MR) is 113 cm³/mol. The molecule has 0 aliphatic rings. The van der Waals surface area contributed by atoms with E-state index in [2.05, 4.69) is 17.0 Å². The van der Waals surface area contributed by atoms with Gasteiger partial charge < -0.3 is 14.4 Å². The van der Waals surface area contributed by atoms with Gasteiger partial charge in [0.05, 0.1) is 24.8 Å². The number of aromatic nitrogens is 2. The van der Waals surface area contributed by atoms with Crippen LogP contribution in [0.25, 0.3) is 5.69 Å². The highest BCUT2D eigenvalue weighted by Crippen LogP contribution is 2.31. The third kappa shape index (κ3) is 4.52. The van der Waals surface area contributed by atoms with E-state index in [0.29, 0.717) is 5.88 Å². The van der Waals surface area contributed by atoms with Crippen LogP contribution in [-0.2, 0) is 0 Å². The largest absolute Gasteiger partial charge is 0.497 e. The van der Waals surface area contributed by atoms with E-state index in [0.717, 1.165) is 40.5 Å². The van der Waals surface area contributed by atoms with Gasteiger partial charge in [0.2, 0.25) is 5.88 Å². The molecule has 146 valence electrons. The zero-order chi connectivity index (χ0) is 20.1. The summed E-state index contributed by atoms with van der Waals surface area (Å²) >= 11 is 0. The summed E-state index contributed by atoms with van der Waals surface area (Å²) in [5.74, 6) is 2.13. The number of ether oxygens (including phenoxy) is 2. The lowest BCUT2D eigenvalue weighted by Crippen LogP contribution is -2.14. The number of hydrogen-bond donors (Lipinski definition) is 0. The van der Waals surface area contributed by atoms with Crippen molar-refractivity contribution in [1.82, 2.24) is 14.7 Å². The summed E-state index contributed by atoms with van der Waals surface area (Å²) in [6, 6.07) is 13.6. The van der Waals surface area contributed by atoms with Gasteiger partial charge in [0.1, 0.15) is 11.5 Å². The molecule has 0 aliphatic carbocycles. The van der Waals surface area contributed by atoms with Crippen LogP contribution >= 0.6 is 0 Å². The molecule has 6 nitrogen and oxygen atoms in total. The molecule has 28 heavy (non-hydrogen) atoms. The van der Waals surface area contributed by atoms with Gasteiger partial charge in [-0.1, -0.05) is 0 Å². The number of nitrogens with zero attached hydrogens (tertiary/aromatic N) is 4. The monoisotopic (exact) mass is 378 g/mol. The Hall–Kier alpha value is -3.28. The van der Waals surface area contributed by atoms with Crippen LogP contribution in [0.3, 0.4) is 0 Å². The van der Waals surface area contributed by atoms with Gasteiger partial charge in [-0.3, -0.25) is 0 Å². The number of aryl methyl sites for hydroxylation is 2. The summed E-state index contributed by atoms with van der Waals surface area (Å²) in [6.45, 7) is 7.05. The molecule has 0 amide bonds. The van der Waals surface area contributed by atoms with Crippen molar-refractivity contribution < 1.29 is 9.47 Å². The molecule has 6 heteroatoms. The Labute approximate surface area is 166 Å². The van der Waals surface area contributed by atoms with Crippen LogP contribution in [0.5, 0.6) is 17.4 Å². The first-order valence-electron chi connectivity index (χ1n) is 9.23. The fraction of sp³-hybridized carbons (Fsp3) is 0.273. The first-order valence-corrected chi connectivity index (χ1v) is 9.23. The topological polar surface area (TPSA) is 51.9 Å². The van der Waals surface area contributed by atoms with E-state index in [1.807, 2.05) is 80.8 Å². The highest BCUT2D eigenvalue weighted by molar-refractivity contribution is 5.64. The summed E-state index contributed by atoms with van der Waals surface area (Å²) in [4.78, 5) is 6.59. The molecule has 1 heterocycles. The number of hydrogen-bond acceptors (Lipinski definition) is 4. The third-order valence-electron chi connectivity index (χ3n) is 4.50. The van der Waals surface area contributed by atoms with Crippen molar-refractivity contribution in [3.05, 3.63) is 59.8 Å². The Morgan fingerprint density at radius 1 is 1.11 bits per heavy atom. The standard InChI is InChI=1S/C22H26N4O2/c1-6-25(4)15-23-20-13-17(3)21(14-16(20)2)28-22-11-12-26(24-22)18-7-9-19(27-5)10-8-18/h7-15H,6H2,1-5H3/b23-15+. The van der Waals surface area contributed by atoms with Crippen LogP contribution in [-0.4, -0.2) is 41.7 Å². The maximum atomic E-state index is 6.02. The average molecular weight is 378 g/mol. The Morgan fingerprint density at radius 2 is 1.86 bits per heavy atom. The van der Waals surface area contributed by atoms with Crippen LogP contribution in [0.2, 0.25) is 0 Å². The van der Waals surface area contributed by atoms with E-state index >= 15 is 0 Å². The van der Waals surface area contributed by atoms with E-state index in [9.17, 15) is 0 Å². The van der Waals surface area contributed by atoms with Gasteiger partial charge in [-0.2, -0.15) is 0 Å². The first kappa shape index (κ1) is 19.5. The molecular weight excluding hydrogens is 352 g/mol. The van der Waals surface area contributed by atoms with Crippen molar-refractivity contribution in [1.29, 1.82) is 0 Å². The van der Waals surface area contributed by atoms with Crippen molar-refractivity contribution in [2.24, 2.45) is 4.99 Å². The van der Waals surface area contributed by atoms with Crippen molar-refractivity contribution in [3.63, 3.8) is 0 Å². The SMILES string of the molecule is CCN(C)/C=N/c1cc(C)c(Oc2ccn(-c3ccc(OC)cc3)n2)cc1C. The molecule has 3 rings (SSSR count). The minimum absolute atomic E-state index is 0.542. The summed E-state index contributed by atoms with van der Waals surface area (Å²) in [7, 11) is 3.65. The fourth-order valence-corrected chi connectivity index (χ4v) is 2.62. The first-order chi connectivity index (χ1) is 13.5. The van der Waals surface area contributed by atoms with Crippen molar-refractivity contribution in [2.75, 3.05) is 20.7 Å². The predicted octanol–water partition coefficient (Wildman–Crippen LogP) is 4.90. The van der Waals surface area contributed by atoms with E-state index in [4.69, 9.17) is 9.47 Å². The van der Waals surface area contributed by atoms with Gasteiger partial charge in [0.15, 0.2) is 0 Å². The van der Waals surface area contributed by atoms with Gasteiger partial charge >= 0.3 is 0 Å². The van der Waals surface area contributed by atoms with E-state index < -0.39 is 0 Å². The molecule has 0 N–H and O–H groups in total. The Kier molecular flexibility index (Phi) is 5.99. The highest BCUT2D eigenvalue weighted by atomic mass is 16.5. The van der Waals surface area contributed by atoms with Gasteiger partial charge in [-0.15, -0.1) is 5.10 Å². The molecule has 0 unspecified atom stereocenters. The molecule has 3 aromatic rings. The molecule has 0 aliphatic heterocycles. The average Bonchev–Trinajstić information content (AvgIpc) is 3.17. The molecule has 0 saturated carbocycles. The van der Waals surface area contributed by atoms with Crippen LogP contribution < -0.4 is 9.47 Å². The lowest BCUT2D eigenvalue weighted by atomic mass is 10.1. The number of methoxy groups -OCH3 is 1. The minimum Gasteiger partial charge on any atom is -0.497 e. The van der Waals surface area contributed by atoms with Crippen LogP contribution in [0.1, 0.15) is 18.1 Å². The lowest BCUT2D eigenvalue weighted by Gasteiger charge is -2.11.